The monoisotopic (exact) mass is 295 g/mol. The van der Waals surface area contributed by atoms with E-state index in [0.29, 0.717) is 19.0 Å². The third-order valence-corrected chi connectivity index (χ3v) is 4.44. The van der Waals surface area contributed by atoms with Gasteiger partial charge in [-0.15, -0.1) is 0 Å². The van der Waals surface area contributed by atoms with Crippen molar-refractivity contribution in [2.24, 2.45) is 5.92 Å². The van der Waals surface area contributed by atoms with Crippen LogP contribution in [0, 0.1) is 5.92 Å². The Morgan fingerprint density at radius 1 is 1.29 bits per heavy atom. The molecule has 2 rings (SSSR count). The SMILES string of the molecule is CC(C)C[C@H]1C(=O)NCCCN1C(=O)NC1CCCCC1. The maximum Gasteiger partial charge on any atom is 0.318 e. The first-order chi connectivity index (χ1) is 10.1. The summed E-state index contributed by atoms with van der Waals surface area (Å²) in [6.45, 7) is 5.51. The predicted octanol–water partition coefficient (Wildman–Crippen LogP) is 2.27. The Labute approximate surface area is 127 Å². The van der Waals surface area contributed by atoms with Crippen molar-refractivity contribution in [3.8, 4) is 0 Å². The first-order valence-corrected chi connectivity index (χ1v) is 8.42. The van der Waals surface area contributed by atoms with Crippen LogP contribution in [-0.2, 0) is 4.79 Å². The molecule has 1 saturated carbocycles. The van der Waals surface area contributed by atoms with Gasteiger partial charge < -0.3 is 15.5 Å². The van der Waals surface area contributed by atoms with Crippen molar-refractivity contribution < 1.29 is 9.59 Å². The summed E-state index contributed by atoms with van der Waals surface area (Å²) in [5.41, 5.74) is 0. The molecule has 2 N–H and O–H groups in total. The Bertz CT molecular complexity index is 365. The maximum absolute atomic E-state index is 12.6. The normalized spacial score (nSPS) is 24.6. The van der Waals surface area contributed by atoms with E-state index in [1.807, 2.05) is 0 Å². The molecule has 5 heteroatoms. The van der Waals surface area contributed by atoms with Crippen molar-refractivity contribution >= 4 is 11.9 Å². The predicted molar refractivity (Wildman–Crippen MR) is 83.0 cm³/mol. The van der Waals surface area contributed by atoms with Crippen LogP contribution in [0.2, 0.25) is 0 Å². The highest BCUT2D eigenvalue weighted by atomic mass is 16.2. The number of carbonyl (C=O) groups excluding carboxylic acids is 2. The zero-order valence-electron chi connectivity index (χ0n) is 13.4. The van der Waals surface area contributed by atoms with Crippen molar-refractivity contribution in [2.45, 2.75) is 70.9 Å². The first-order valence-electron chi connectivity index (χ1n) is 8.42. The fourth-order valence-corrected chi connectivity index (χ4v) is 3.30. The summed E-state index contributed by atoms with van der Waals surface area (Å²) < 4.78 is 0. The van der Waals surface area contributed by atoms with Crippen LogP contribution in [-0.4, -0.2) is 42.0 Å². The average Bonchev–Trinajstić information content (AvgIpc) is 2.62. The quantitative estimate of drug-likeness (QED) is 0.839. The molecule has 1 heterocycles. The van der Waals surface area contributed by atoms with E-state index in [2.05, 4.69) is 24.5 Å². The minimum atomic E-state index is -0.323. The lowest BCUT2D eigenvalue weighted by atomic mass is 9.95. The number of nitrogens with one attached hydrogen (secondary N) is 2. The molecule has 0 spiro atoms. The second-order valence-corrected chi connectivity index (χ2v) is 6.77. The second-order valence-electron chi connectivity index (χ2n) is 6.77. The fraction of sp³-hybridized carbons (Fsp3) is 0.875. The van der Waals surface area contributed by atoms with Gasteiger partial charge >= 0.3 is 6.03 Å². The summed E-state index contributed by atoms with van der Waals surface area (Å²) in [5, 5.41) is 6.07. The zero-order valence-corrected chi connectivity index (χ0v) is 13.4. The minimum Gasteiger partial charge on any atom is -0.354 e. The molecule has 0 aromatic rings. The van der Waals surface area contributed by atoms with Gasteiger partial charge in [0, 0.05) is 19.1 Å². The van der Waals surface area contributed by atoms with E-state index in [9.17, 15) is 9.59 Å². The number of carbonyl (C=O) groups is 2. The van der Waals surface area contributed by atoms with Crippen LogP contribution < -0.4 is 10.6 Å². The van der Waals surface area contributed by atoms with Crippen molar-refractivity contribution in [1.82, 2.24) is 15.5 Å². The molecule has 5 nitrogen and oxygen atoms in total. The average molecular weight is 295 g/mol. The lowest BCUT2D eigenvalue weighted by Crippen LogP contribution is -2.53. The van der Waals surface area contributed by atoms with E-state index in [1.54, 1.807) is 4.90 Å². The van der Waals surface area contributed by atoms with Gasteiger partial charge in [0.15, 0.2) is 0 Å². The smallest absolute Gasteiger partial charge is 0.318 e. The molecule has 1 saturated heterocycles. The van der Waals surface area contributed by atoms with Crippen LogP contribution in [0.15, 0.2) is 0 Å². The highest BCUT2D eigenvalue weighted by Gasteiger charge is 2.32. The summed E-state index contributed by atoms with van der Waals surface area (Å²) in [4.78, 5) is 26.6. The third kappa shape index (κ3) is 4.61. The van der Waals surface area contributed by atoms with E-state index < -0.39 is 0 Å². The van der Waals surface area contributed by atoms with Crippen molar-refractivity contribution in [1.29, 1.82) is 0 Å². The molecule has 3 amide bonds. The van der Waals surface area contributed by atoms with Crippen molar-refractivity contribution in [3.63, 3.8) is 0 Å². The van der Waals surface area contributed by atoms with Crippen LogP contribution in [0.5, 0.6) is 0 Å². The third-order valence-electron chi connectivity index (χ3n) is 4.44. The molecule has 0 radical (unpaired) electrons. The number of hydrogen-bond donors (Lipinski definition) is 2. The van der Waals surface area contributed by atoms with Gasteiger partial charge in [0.1, 0.15) is 6.04 Å². The van der Waals surface area contributed by atoms with E-state index >= 15 is 0 Å². The number of hydrogen-bond acceptors (Lipinski definition) is 2. The molecule has 0 aromatic carbocycles. The van der Waals surface area contributed by atoms with Crippen LogP contribution in [0.4, 0.5) is 4.79 Å². The van der Waals surface area contributed by atoms with Crippen LogP contribution in [0.25, 0.3) is 0 Å². The molecule has 1 aliphatic heterocycles. The number of urea groups is 1. The molecule has 2 aliphatic rings. The standard InChI is InChI=1S/C16H29N3O2/c1-12(2)11-14-15(20)17-9-6-10-19(14)16(21)18-13-7-4-3-5-8-13/h12-14H,3-11H2,1-2H3,(H,17,20)(H,18,21)/t14-/m0/s1. The Balaban J connectivity index is 2.00. The minimum absolute atomic E-state index is 0.00000541. The van der Waals surface area contributed by atoms with Gasteiger partial charge in [0.05, 0.1) is 0 Å². The Kier molecular flexibility index (Phi) is 5.88. The van der Waals surface area contributed by atoms with Gasteiger partial charge in [0.25, 0.3) is 0 Å². The summed E-state index contributed by atoms with van der Waals surface area (Å²) in [7, 11) is 0. The molecule has 0 unspecified atom stereocenters. The Hall–Kier alpha value is -1.26. The lowest BCUT2D eigenvalue weighted by Gasteiger charge is -2.32. The molecule has 21 heavy (non-hydrogen) atoms. The molecule has 1 aliphatic carbocycles. The Morgan fingerprint density at radius 3 is 2.67 bits per heavy atom. The highest BCUT2D eigenvalue weighted by Crippen LogP contribution is 2.19. The summed E-state index contributed by atoms with van der Waals surface area (Å²) >= 11 is 0. The summed E-state index contributed by atoms with van der Waals surface area (Å²) in [6, 6.07) is -0.0852. The maximum atomic E-state index is 12.6. The molecular formula is C16H29N3O2. The van der Waals surface area contributed by atoms with Crippen molar-refractivity contribution in [3.05, 3.63) is 0 Å². The molecule has 0 aromatic heterocycles. The number of amides is 3. The number of nitrogens with zero attached hydrogens (tertiary/aromatic N) is 1. The number of rotatable bonds is 3. The summed E-state index contributed by atoms with van der Waals surface area (Å²) in [6.07, 6.45) is 7.36. The largest absolute Gasteiger partial charge is 0.354 e. The van der Waals surface area contributed by atoms with Crippen molar-refractivity contribution in [2.75, 3.05) is 13.1 Å². The van der Waals surface area contributed by atoms with Gasteiger partial charge in [-0.05, 0) is 31.6 Å². The van der Waals surface area contributed by atoms with E-state index in [-0.39, 0.29) is 24.0 Å². The highest BCUT2D eigenvalue weighted by molar-refractivity contribution is 5.87. The van der Waals surface area contributed by atoms with Gasteiger partial charge in [0.2, 0.25) is 5.91 Å². The van der Waals surface area contributed by atoms with Gasteiger partial charge in [-0.2, -0.15) is 0 Å². The van der Waals surface area contributed by atoms with E-state index in [0.717, 1.165) is 25.7 Å². The molecule has 0 bridgehead atoms. The van der Waals surface area contributed by atoms with Gasteiger partial charge in [-0.25, -0.2) is 4.79 Å². The van der Waals surface area contributed by atoms with Crippen LogP contribution >= 0.6 is 0 Å². The van der Waals surface area contributed by atoms with E-state index in [1.165, 1.54) is 19.3 Å². The Morgan fingerprint density at radius 2 is 2.00 bits per heavy atom. The lowest BCUT2D eigenvalue weighted by molar-refractivity contribution is -0.125. The van der Waals surface area contributed by atoms with Crippen LogP contribution in [0.3, 0.4) is 0 Å². The van der Waals surface area contributed by atoms with E-state index in [4.69, 9.17) is 0 Å². The molecule has 120 valence electrons. The molecular weight excluding hydrogens is 266 g/mol. The molecule has 1 atom stereocenters. The van der Waals surface area contributed by atoms with Gasteiger partial charge in [-0.3, -0.25) is 4.79 Å². The topological polar surface area (TPSA) is 61.4 Å². The fourth-order valence-electron chi connectivity index (χ4n) is 3.30. The second kappa shape index (κ2) is 7.66. The summed E-state index contributed by atoms with van der Waals surface area (Å²) in [5.74, 6) is 0.392. The zero-order chi connectivity index (χ0) is 15.2. The molecule has 2 fully saturated rings. The first kappa shape index (κ1) is 16.1. The van der Waals surface area contributed by atoms with Gasteiger partial charge in [-0.1, -0.05) is 33.1 Å². The van der Waals surface area contributed by atoms with Crippen LogP contribution in [0.1, 0.15) is 58.8 Å².